The third kappa shape index (κ3) is 5.87. The zero-order valence-corrected chi connectivity index (χ0v) is 19.2. The average molecular weight is 490 g/mol. The van der Waals surface area contributed by atoms with E-state index in [0.29, 0.717) is 11.4 Å². The molecule has 0 bridgehead atoms. The molecule has 0 aliphatic carbocycles. The highest BCUT2D eigenvalue weighted by atomic mass is 16.6. The van der Waals surface area contributed by atoms with Crippen LogP contribution in [0.25, 0.3) is 0 Å². The van der Waals surface area contributed by atoms with E-state index < -0.39 is 30.9 Å². The van der Waals surface area contributed by atoms with Crippen molar-refractivity contribution in [3.05, 3.63) is 60.7 Å². The van der Waals surface area contributed by atoms with Gasteiger partial charge >= 0.3 is 11.9 Å². The van der Waals surface area contributed by atoms with Gasteiger partial charge in [-0.1, -0.05) is 36.4 Å². The molecule has 0 saturated heterocycles. The molecule has 0 N–H and O–H groups in total. The van der Waals surface area contributed by atoms with E-state index >= 15 is 0 Å². The maximum atomic E-state index is 12.4. The van der Waals surface area contributed by atoms with Gasteiger partial charge in [0.25, 0.3) is 0 Å². The lowest BCUT2D eigenvalue weighted by Crippen LogP contribution is -2.36. The molecule has 2 amide bonds. The third-order valence-electron chi connectivity index (χ3n) is 5.27. The lowest BCUT2D eigenvalue weighted by atomic mass is 10.1. The molecule has 184 valence electrons. The van der Waals surface area contributed by atoms with Crippen molar-refractivity contribution in [2.45, 2.75) is 25.7 Å². The predicted octanol–water partition coefficient (Wildman–Crippen LogP) is 2.01. The number of carbonyl (C=O) groups is 5. The van der Waals surface area contributed by atoms with Gasteiger partial charge in [-0.15, -0.1) is 0 Å². The summed E-state index contributed by atoms with van der Waals surface area (Å²) in [5, 5.41) is 10.4. The Labute approximate surface area is 206 Å². The molecule has 2 aliphatic heterocycles. The van der Waals surface area contributed by atoms with Crippen LogP contribution in [0.15, 0.2) is 70.9 Å². The SMILES string of the molecule is O=C(COC(=O)C1=NN(c2ccccc2)C(=O)CC1)COC(=O)C1=NN(c2ccccc2)C(=O)CC1. The zero-order chi connectivity index (χ0) is 25.5. The van der Waals surface area contributed by atoms with Gasteiger partial charge in [-0.3, -0.25) is 14.4 Å². The van der Waals surface area contributed by atoms with Crippen LogP contribution in [0.3, 0.4) is 0 Å². The van der Waals surface area contributed by atoms with Crippen LogP contribution in [0.2, 0.25) is 0 Å². The van der Waals surface area contributed by atoms with Crippen LogP contribution in [0.5, 0.6) is 0 Å². The van der Waals surface area contributed by atoms with Crippen LogP contribution in [0.1, 0.15) is 25.7 Å². The Kier molecular flexibility index (Phi) is 7.59. The number of hydrogen-bond donors (Lipinski definition) is 0. The number of ketones is 1. The van der Waals surface area contributed by atoms with Crippen LogP contribution in [-0.4, -0.2) is 54.2 Å². The summed E-state index contributed by atoms with van der Waals surface area (Å²) in [5.41, 5.74) is 1.03. The van der Waals surface area contributed by atoms with Gasteiger partial charge in [0.05, 0.1) is 11.4 Å². The van der Waals surface area contributed by atoms with E-state index in [0.717, 1.165) is 10.0 Å². The smallest absolute Gasteiger partial charge is 0.354 e. The Bertz CT molecular complexity index is 1150. The Balaban J connectivity index is 1.29. The molecular formula is C25H22N4O7. The summed E-state index contributed by atoms with van der Waals surface area (Å²) < 4.78 is 10.00. The maximum Gasteiger partial charge on any atom is 0.354 e. The molecule has 2 aromatic carbocycles. The second kappa shape index (κ2) is 11.2. The number of esters is 2. The van der Waals surface area contributed by atoms with Gasteiger partial charge in [0.2, 0.25) is 17.6 Å². The Morgan fingerprint density at radius 3 is 1.42 bits per heavy atom. The number of rotatable bonds is 8. The number of para-hydroxylation sites is 2. The molecule has 2 aromatic rings. The monoisotopic (exact) mass is 490 g/mol. The number of hydrazone groups is 2. The van der Waals surface area contributed by atoms with Crippen LogP contribution < -0.4 is 10.0 Å². The van der Waals surface area contributed by atoms with Crippen molar-refractivity contribution >= 4 is 52.3 Å². The topological polar surface area (TPSA) is 135 Å². The molecule has 0 spiro atoms. The maximum absolute atomic E-state index is 12.4. The van der Waals surface area contributed by atoms with E-state index in [1.165, 1.54) is 0 Å². The van der Waals surface area contributed by atoms with E-state index in [1.54, 1.807) is 60.7 Å². The normalized spacial score (nSPS) is 15.7. The highest BCUT2D eigenvalue weighted by molar-refractivity contribution is 6.38. The molecular weight excluding hydrogens is 468 g/mol. The second-order valence-electron chi connectivity index (χ2n) is 7.87. The van der Waals surface area contributed by atoms with E-state index in [9.17, 15) is 24.0 Å². The van der Waals surface area contributed by atoms with Crippen molar-refractivity contribution in [2.75, 3.05) is 23.2 Å². The van der Waals surface area contributed by atoms with Gasteiger partial charge in [-0.2, -0.15) is 10.2 Å². The fraction of sp³-hybridized carbons (Fsp3) is 0.240. The summed E-state index contributed by atoms with van der Waals surface area (Å²) >= 11 is 0. The quantitative estimate of drug-likeness (QED) is 0.517. The number of benzene rings is 2. The molecule has 0 aromatic heterocycles. The highest BCUT2D eigenvalue weighted by Gasteiger charge is 2.28. The number of nitrogens with zero attached hydrogens (tertiary/aromatic N) is 4. The summed E-state index contributed by atoms with van der Waals surface area (Å²) in [7, 11) is 0. The largest absolute Gasteiger partial charge is 0.453 e. The summed E-state index contributed by atoms with van der Waals surface area (Å²) in [6.07, 6.45) is 0.305. The minimum atomic E-state index is -0.836. The van der Waals surface area contributed by atoms with Crippen molar-refractivity contribution in [1.29, 1.82) is 0 Å². The van der Waals surface area contributed by atoms with Crippen molar-refractivity contribution in [3.8, 4) is 0 Å². The van der Waals surface area contributed by atoms with Gasteiger partial charge in [-0.25, -0.2) is 19.6 Å². The first-order valence-corrected chi connectivity index (χ1v) is 11.2. The summed E-state index contributed by atoms with van der Waals surface area (Å²) in [6, 6.07) is 17.2. The molecule has 0 radical (unpaired) electrons. The Hall–Kier alpha value is -4.67. The second-order valence-corrected chi connectivity index (χ2v) is 7.87. The third-order valence-corrected chi connectivity index (χ3v) is 5.27. The first kappa shape index (κ1) is 24.5. The fourth-order valence-electron chi connectivity index (χ4n) is 3.44. The lowest BCUT2D eigenvalue weighted by molar-refractivity contribution is -0.147. The summed E-state index contributed by atoms with van der Waals surface area (Å²) in [4.78, 5) is 61.2. The van der Waals surface area contributed by atoms with E-state index in [-0.39, 0.29) is 48.9 Å². The first-order chi connectivity index (χ1) is 17.4. The molecule has 2 aliphatic rings. The molecule has 2 heterocycles. The minimum absolute atomic E-state index is 0.00507. The van der Waals surface area contributed by atoms with Gasteiger partial charge in [0, 0.05) is 25.7 Å². The van der Waals surface area contributed by atoms with Crippen LogP contribution in [0, 0.1) is 0 Å². The number of ether oxygens (including phenoxy) is 2. The number of anilines is 2. The first-order valence-electron chi connectivity index (χ1n) is 11.2. The number of amides is 2. The average Bonchev–Trinajstić information content (AvgIpc) is 2.91. The lowest BCUT2D eigenvalue weighted by Gasteiger charge is -2.23. The summed E-state index contributed by atoms with van der Waals surface area (Å²) in [6.45, 7) is -1.27. The fourth-order valence-corrected chi connectivity index (χ4v) is 3.44. The number of Topliss-reactive ketones (excluding diaryl/α,β-unsaturated/α-hetero) is 1. The Morgan fingerprint density at radius 2 is 1.03 bits per heavy atom. The molecule has 11 nitrogen and oxygen atoms in total. The minimum Gasteiger partial charge on any atom is -0.453 e. The zero-order valence-electron chi connectivity index (χ0n) is 19.2. The van der Waals surface area contributed by atoms with E-state index in [2.05, 4.69) is 10.2 Å². The number of carbonyl (C=O) groups excluding carboxylic acids is 5. The molecule has 36 heavy (non-hydrogen) atoms. The van der Waals surface area contributed by atoms with E-state index in [4.69, 9.17) is 9.47 Å². The summed E-state index contributed by atoms with van der Waals surface area (Å²) in [5.74, 6) is -2.86. The number of hydrogen-bond acceptors (Lipinski definition) is 9. The highest BCUT2D eigenvalue weighted by Crippen LogP contribution is 2.21. The molecule has 0 fully saturated rings. The van der Waals surface area contributed by atoms with E-state index in [1.807, 2.05) is 0 Å². The van der Waals surface area contributed by atoms with Crippen molar-refractivity contribution in [2.24, 2.45) is 10.2 Å². The van der Waals surface area contributed by atoms with Crippen molar-refractivity contribution in [1.82, 2.24) is 0 Å². The van der Waals surface area contributed by atoms with Crippen LogP contribution in [0.4, 0.5) is 11.4 Å². The molecule has 0 saturated carbocycles. The standard InChI is InChI=1S/C25H22N4O7/c30-19(15-35-24(33)20-11-13-22(31)28(26-20)17-7-3-1-4-8-17)16-36-25(34)21-12-14-23(32)29(27-21)18-9-5-2-6-10-18/h1-10H,11-16H2. The van der Waals surface area contributed by atoms with Crippen LogP contribution in [-0.2, 0) is 33.4 Å². The van der Waals surface area contributed by atoms with Gasteiger partial charge in [0.1, 0.15) is 11.4 Å². The van der Waals surface area contributed by atoms with Crippen molar-refractivity contribution < 1.29 is 33.4 Å². The van der Waals surface area contributed by atoms with Gasteiger partial charge in [-0.05, 0) is 24.3 Å². The molecule has 0 unspecified atom stereocenters. The molecule has 0 atom stereocenters. The van der Waals surface area contributed by atoms with Gasteiger partial charge in [0.15, 0.2) is 13.2 Å². The van der Waals surface area contributed by atoms with Crippen LogP contribution >= 0.6 is 0 Å². The van der Waals surface area contributed by atoms with Gasteiger partial charge < -0.3 is 9.47 Å². The predicted molar refractivity (Wildman–Crippen MR) is 128 cm³/mol. The van der Waals surface area contributed by atoms with Crippen molar-refractivity contribution in [3.63, 3.8) is 0 Å². The molecule has 4 rings (SSSR count). The molecule has 11 heteroatoms. The Morgan fingerprint density at radius 1 is 0.639 bits per heavy atom.